The maximum absolute atomic E-state index is 14.3. The third-order valence-corrected chi connectivity index (χ3v) is 11.0. The maximum atomic E-state index is 14.3. The van der Waals surface area contributed by atoms with Crippen molar-refractivity contribution in [2.24, 2.45) is 17.8 Å². The molecule has 6 rings (SSSR count). The zero-order chi connectivity index (χ0) is 37.4. The molecule has 280 valence electrons. The zero-order valence-electron chi connectivity index (χ0n) is 30.3. The Hall–Kier alpha value is -4.67. The number of hydrogen-bond donors (Lipinski definition) is 1. The SMILES string of the molecule is CC(=O)OC1[C@H](OP(=O)(Oc2ccccc2)Oc2ccccc2)OC([C@H](C)COCCNC(=O)OCC2c3ccccc3-c3ccccc32)[C@@H](C)[C@@H]1C. The number of esters is 1. The molecule has 1 amide bonds. The van der Waals surface area contributed by atoms with Gasteiger partial charge in [-0.25, -0.2) is 13.9 Å². The van der Waals surface area contributed by atoms with Crippen LogP contribution in [-0.2, 0) is 32.8 Å². The lowest BCUT2D eigenvalue weighted by Crippen LogP contribution is -2.54. The molecule has 1 aliphatic carbocycles. The summed E-state index contributed by atoms with van der Waals surface area (Å²) in [6, 6.07) is 33.4. The van der Waals surface area contributed by atoms with E-state index in [1.165, 1.54) is 18.1 Å². The van der Waals surface area contributed by atoms with Crippen molar-refractivity contribution in [1.82, 2.24) is 5.32 Å². The number of benzene rings is 4. The summed E-state index contributed by atoms with van der Waals surface area (Å²) in [5.74, 6) is -0.579. The first-order chi connectivity index (χ1) is 25.6. The summed E-state index contributed by atoms with van der Waals surface area (Å²) in [5, 5.41) is 2.78. The van der Waals surface area contributed by atoms with Gasteiger partial charge < -0.3 is 33.3 Å². The monoisotopic (exact) mass is 743 g/mol. The van der Waals surface area contributed by atoms with Gasteiger partial charge in [0.2, 0.25) is 6.29 Å². The Morgan fingerprint density at radius 2 is 1.34 bits per heavy atom. The summed E-state index contributed by atoms with van der Waals surface area (Å²) in [5.41, 5.74) is 4.63. The predicted molar refractivity (Wildman–Crippen MR) is 198 cm³/mol. The van der Waals surface area contributed by atoms with Crippen LogP contribution in [0, 0.1) is 17.8 Å². The van der Waals surface area contributed by atoms with E-state index < -0.39 is 38.4 Å². The number of hydrogen-bond acceptors (Lipinski definition) is 10. The molecule has 12 heteroatoms. The third-order valence-electron chi connectivity index (χ3n) is 9.68. The van der Waals surface area contributed by atoms with Gasteiger partial charge in [0.15, 0.2) is 6.10 Å². The van der Waals surface area contributed by atoms with Crippen LogP contribution in [0.25, 0.3) is 11.1 Å². The van der Waals surface area contributed by atoms with Gasteiger partial charge in [-0.05, 0) is 52.4 Å². The Bertz CT molecular complexity index is 1780. The Morgan fingerprint density at radius 1 is 0.792 bits per heavy atom. The summed E-state index contributed by atoms with van der Waals surface area (Å²) < 4.78 is 55.7. The average Bonchev–Trinajstić information content (AvgIpc) is 3.47. The van der Waals surface area contributed by atoms with Crippen LogP contribution in [0.3, 0.4) is 0 Å². The van der Waals surface area contributed by atoms with Crippen LogP contribution in [0.5, 0.6) is 11.5 Å². The predicted octanol–water partition coefficient (Wildman–Crippen LogP) is 8.39. The van der Waals surface area contributed by atoms with Gasteiger partial charge in [-0.15, -0.1) is 0 Å². The molecule has 2 unspecified atom stereocenters. The third kappa shape index (κ3) is 9.47. The molecule has 1 saturated heterocycles. The number of amides is 1. The fraction of sp³-hybridized carbons (Fsp3) is 0.366. The van der Waals surface area contributed by atoms with E-state index in [0.717, 1.165) is 11.1 Å². The molecule has 0 spiro atoms. The minimum Gasteiger partial charge on any atom is -0.457 e. The molecule has 1 fully saturated rings. The quantitative estimate of drug-likeness (QED) is 0.0721. The lowest BCUT2D eigenvalue weighted by molar-refractivity contribution is -0.260. The number of carbonyl (C=O) groups excluding carboxylic acids is 2. The first-order valence-electron chi connectivity index (χ1n) is 17.9. The van der Waals surface area contributed by atoms with E-state index in [2.05, 4.69) is 29.6 Å². The number of nitrogens with one attached hydrogen (secondary N) is 1. The van der Waals surface area contributed by atoms with E-state index in [-0.39, 0.29) is 61.5 Å². The summed E-state index contributed by atoms with van der Waals surface area (Å²) in [6.45, 7) is 8.20. The summed E-state index contributed by atoms with van der Waals surface area (Å²) >= 11 is 0. The Morgan fingerprint density at radius 3 is 1.91 bits per heavy atom. The maximum Gasteiger partial charge on any atom is 0.590 e. The Labute approximate surface area is 310 Å². The molecule has 0 radical (unpaired) electrons. The fourth-order valence-electron chi connectivity index (χ4n) is 6.94. The number of alkyl carbamates (subject to hydrolysis) is 1. The van der Waals surface area contributed by atoms with Crippen LogP contribution < -0.4 is 14.4 Å². The number of phosphoric acid groups is 1. The van der Waals surface area contributed by atoms with Gasteiger partial charge in [-0.1, -0.05) is 106 Å². The van der Waals surface area contributed by atoms with Crippen LogP contribution in [0.1, 0.15) is 44.7 Å². The van der Waals surface area contributed by atoms with Gasteiger partial charge in [-0.3, -0.25) is 4.79 Å². The minimum atomic E-state index is -4.40. The second kappa shape index (κ2) is 17.4. The van der Waals surface area contributed by atoms with E-state index in [1.54, 1.807) is 60.7 Å². The normalized spacial score (nSPS) is 21.5. The van der Waals surface area contributed by atoms with E-state index >= 15 is 0 Å². The minimum absolute atomic E-state index is 0.0258. The number of rotatable bonds is 15. The molecule has 53 heavy (non-hydrogen) atoms. The molecule has 0 aromatic heterocycles. The van der Waals surface area contributed by atoms with Crippen LogP contribution in [0.2, 0.25) is 0 Å². The standard InChI is InChI=1S/C41H46NO10P/c1-27(25-46-24-23-42-41(44)47-26-37-35-21-13-11-19-33(35)34-20-12-14-22-36(34)37)38-28(2)29(3)39(48-30(4)43)40(49-38)52-53(45,50-31-15-7-5-8-16-31)51-32-17-9-6-10-18-32/h5-22,27-29,37-40H,23-26H2,1-4H3,(H,42,44)/t27-,28+,29+,38?,39?,40+/m1/s1. The highest BCUT2D eigenvalue weighted by molar-refractivity contribution is 7.49. The molecular formula is C41H46NO10P. The van der Waals surface area contributed by atoms with Crippen LogP contribution >= 0.6 is 7.82 Å². The van der Waals surface area contributed by atoms with Crippen LogP contribution in [-0.4, -0.2) is 56.9 Å². The lowest BCUT2D eigenvalue weighted by Gasteiger charge is -2.45. The number of ether oxygens (including phenoxy) is 4. The lowest BCUT2D eigenvalue weighted by atomic mass is 9.79. The largest absolute Gasteiger partial charge is 0.590 e. The number of carbonyl (C=O) groups is 2. The second-order valence-corrected chi connectivity index (χ2v) is 14.9. The van der Waals surface area contributed by atoms with Crippen molar-refractivity contribution in [3.63, 3.8) is 0 Å². The molecule has 1 aliphatic heterocycles. The van der Waals surface area contributed by atoms with Gasteiger partial charge in [0, 0.05) is 31.2 Å². The summed E-state index contributed by atoms with van der Waals surface area (Å²) in [7, 11) is -4.40. The first-order valence-corrected chi connectivity index (χ1v) is 19.3. The van der Waals surface area contributed by atoms with E-state index in [9.17, 15) is 14.2 Å². The fourth-order valence-corrected chi connectivity index (χ4v) is 8.25. The number of para-hydroxylation sites is 2. The molecule has 4 aromatic rings. The Kier molecular flexibility index (Phi) is 12.5. The zero-order valence-corrected chi connectivity index (χ0v) is 31.2. The highest BCUT2D eigenvalue weighted by atomic mass is 31.2. The molecule has 11 nitrogen and oxygen atoms in total. The molecular weight excluding hydrogens is 697 g/mol. The van der Waals surface area contributed by atoms with Crippen molar-refractivity contribution >= 4 is 19.9 Å². The van der Waals surface area contributed by atoms with Gasteiger partial charge in [0.25, 0.3) is 0 Å². The van der Waals surface area contributed by atoms with Gasteiger partial charge >= 0.3 is 19.9 Å². The summed E-state index contributed by atoms with van der Waals surface area (Å²) in [6.07, 6.45) is -3.15. The van der Waals surface area contributed by atoms with Crippen molar-refractivity contribution in [3.8, 4) is 22.6 Å². The van der Waals surface area contributed by atoms with Crippen LogP contribution in [0.15, 0.2) is 109 Å². The Balaban J connectivity index is 1.04. The van der Waals surface area contributed by atoms with Gasteiger partial charge in [0.05, 0.1) is 19.3 Å². The van der Waals surface area contributed by atoms with E-state index in [0.29, 0.717) is 0 Å². The van der Waals surface area contributed by atoms with Crippen molar-refractivity contribution in [2.45, 2.75) is 52.1 Å². The van der Waals surface area contributed by atoms with Crippen molar-refractivity contribution in [2.75, 3.05) is 26.4 Å². The highest BCUT2D eigenvalue weighted by Crippen LogP contribution is 2.53. The van der Waals surface area contributed by atoms with Crippen molar-refractivity contribution in [1.29, 1.82) is 0 Å². The topological polar surface area (TPSA) is 128 Å². The molecule has 0 bridgehead atoms. The average molecular weight is 744 g/mol. The molecule has 2 aliphatic rings. The number of fused-ring (bicyclic) bond motifs is 3. The van der Waals surface area contributed by atoms with Gasteiger partial charge in [0.1, 0.15) is 18.1 Å². The van der Waals surface area contributed by atoms with Crippen molar-refractivity contribution in [3.05, 3.63) is 120 Å². The second-order valence-electron chi connectivity index (χ2n) is 13.4. The van der Waals surface area contributed by atoms with Crippen LogP contribution in [0.4, 0.5) is 4.79 Å². The molecule has 4 aromatic carbocycles. The first kappa shape index (κ1) is 38.1. The van der Waals surface area contributed by atoms with Gasteiger partial charge in [-0.2, -0.15) is 0 Å². The molecule has 1 heterocycles. The van der Waals surface area contributed by atoms with E-state index in [1.807, 2.05) is 45.0 Å². The molecule has 6 atom stereocenters. The highest BCUT2D eigenvalue weighted by Gasteiger charge is 2.50. The smallest absolute Gasteiger partial charge is 0.457 e. The van der Waals surface area contributed by atoms with E-state index in [4.69, 9.17) is 32.5 Å². The molecule has 1 N–H and O–H groups in total. The summed E-state index contributed by atoms with van der Waals surface area (Å²) in [4.78, 5) is 24.8. The van der Waals surface area contributed by atoms with Crippen molar-refractivity contribution < 1.29 is 46.7 Å². The number of phosphoric ester groups is 1. The molecule has 0 saturated carbocycles.